The van der Waals surface area contributed by atoms with Crippen LogP contribution >= 0.6 is 0 Å². The van der Waals surface area contributed by atoms with E-state index in [-0.39, 0.29) is 12.6 Å². The van der Waals surface area contributed by atoms with Gasteiger partial charge in [-0.1, -0.05) is 0 Å². The van der Waals surface area contributed by atoms with Gasteiger partial charge in [0.2, 0.25) is 0 Å². The zero-order valence-corrected chi connectivity index (χ0v) is 12.6. The van der Waals surface area contributed by atoms with E-state index in [1.165, 1.54) is 0 Å². The molecule has 1 atom stereocenters. The number of nitrogens with zero attached hydrogens (tertiary/aromatic N) is 5. The van der Waals surface area contributed by atoms with E-state index in [1.807, 2.05) is 23.0 Å². The molecule has 2 aromatic rings. The van der Waals surface area contributed by atoms with Crippen molar-refractivity contribution in [3.63, 3.8) is 0 Å². The van der Waals surface area contributed by atoms with Crippen molar-refractivity contribution in [1.82, 2.24) is 19.7 Å². The summed E-state index contributed by atoms with van der Waals surface area (Å²) >= 11 is 0. The van der Waals surface area contributed by atoms with Gasteiger partial charge in [-0.3, -0.25) is 4.68 Å². The predicted octanol–water partition coefficient (Wildman–Crippen LogP) is 1.14. The first-order valence-corrected chi connectivity index (χ1v) is 7.77. The van der Waals surface area contributed by atoms with Gasteiger partial charge in [0.15, 0.2) is 0 Å². The SMILES string of the molecule is OCC1CCCN1c1cc(NCCCn2cccn2)ncn1. The Morgan fingerprint density at radius 2 is 2.32 bits per heavy atom. The minimum atomic E-state index is 0.177. The first-order valence-electron chi connectivity index (χ1n) is 7.77. The molecule has 118 valence electrons. The van der Waals surface area contributed by atoms with E-state index >= 15 is 0 Å². The number of rotatable bonds is 7. The van der Waals surface area contributed by atoms with E-state index in [4.69, 9.17) is 0 Å². The number of aromatic nitrogens is 4. The second-order valence-electron chi connectivity index (χ2n) is 5.48. The van der Waals surface area contributed by atoms with E-state index in [2.05, 4.69) is 25.3 Å². The van der Waals surface area contributed by atoms with Gasteiger partial charge in [-0.05, 0) is 25.3 Å². The van der Waals surface area contributed by atoms with Crippen LogP contribution in [0.2, 0.25) is 0 Å². The molecule has 3 rings (SSSR count). The van der Waals surface area contributed by atoms with Crippen molar-refractivity contribution in [2.75, 3.05) is 29.9 Å². The van der Waals surface area contributed by atoms with Crippen molar-refractivity contribution in [3.8, 4) is 0 Å². The van der Waals surface area contributed by atoms with Crippen molar-refractivity contribution in [2.45, 2.75) is 31.8 Å². The maximum Gasteiger partial charge on any atom is 0.134 e. The van der Waals surface area contributed by atoms with Gasteiger partial charge in [0.25, 0.3) is 0 Å². The van der Waals surface area contributed by atoms with Gasteiger partial charge in [0.05, 0.1) is 12.6 Å². The zero-order valence-electron chi connectivity index (χ0n) is 12.6. The van der Waals surface area contributed by atoms with Crippen LogP contribution in [-0.2, 0) is 6.54 Å². The number of aliphatic hydroxyl groups excluding tert-OH is 1. The molecule has 1 unspecified atom stereocenters. The van der Waals surface area contributed by atoms with E-state index < -0.39 is 0 Å². The molecule has 1 aliphatic heterocycles. The smallest absolute Gasteiger partial charge is 0.134 e. The fourth-order valence-corrected chi connectivity index (χ4v) is 2.82. The number of hydrogen-bond acceptors (Lipinski definition) is 6. The van der Waals surface area contributed by atoms with Gasteiger partial charge in [-0.2, -0.15) is 5.10 Å². The summed E-state index contributed by atoms with van der Waals surface area (Å²) in [7, 11) is 0. The van der Waals surface area contributed by atoms with Crippen LogP contribution in [0.5, 0.6) is 0 Å². The molecular weight excluding hydrogens is 280 g/mol. The summed E-state index contributed by atoms with van der Waals surface area (Å²) in [5.41, 5.74) is 0. The van der Waals surface area contributed by atoms with Crippen molar-refractivity contribution < 1.29 is 5.11 Å². The third-order valence-corrected chi connectivity index (χ3v) is 3.96. The van der Waals surface area contributed by atoms with Gasteiger partial charge in [-0.25, -0.2) is 9.97 Å². The Bertz CT molecular complexity index is 573. The first-order chi connectivity index (χ1) is 10.9. The molecular formula is C15H22N6O. The molecule has 0 radical (unpaired) electrons. The Balaban J connectivity index is 1.52. The number of aliphatic hydroxyl groups is 1. The highest BCUT2D eigenvalue weighted by Gasteiger charge is 2.24. The summed E-state index contributed by atoms with van der Waals surface area (Å²) in [5.74, 6) is 1.72. The number of nitrogens with one attached hydrogen (secondary N) is 1. The summed E-state index contributed by atoms with van der Waals surface area (Å²) < 4.78 is 1.92. The molecule has 2 N–H and O–H groups in total. The average molecular weight is 302 g/mol. The monoisotopic (exact) mass is 302 g/mol. The lowest BCUT2D eigenvalue weighted by atomic mass is 10.2. The Labute approximate surface area is 130 Å². The Hall–Kier alpha value is -2.15. The molecule has 22 heavy (non-hydrogen) atoms. The molecule has 0 bridgehead atoms. The fraction of sp³-hybridized carbons (Fsp3) is 0.533. The lowest BCUT2D eigenvalue weighted by molar-refractivity contribution is 0.266. The molecule has 7 heteroatoms. The van der Waals surface area contributed by atoms with E-state index in [0.717, 1.165) is 50.5 Å². The summed E-state index contributed by atoms with van der Waals surface area (Å²) in [6.07, 6.45) is 8.43. The minimum Gasteiger partial charge on any atom is -0.394 e. The van der Waals surface area contributed by atoms with Crippen molar-refractivity contribution in [1.29, 1.82) is 0 Å². The van der Waals surface area contributed by atoms with E-state index in [0.29, 0.717) is 0 Å². The molecule has 0 saturated carbocycles. The third-order valence-electron chi connectivity index (χ3n) is 3.96. The molecule has 0 aromatic carbocycles. The normalized spacial score (nSPS) is 17.9. The maximum atomic E-state index is 9.42. The highest BCUT2D eigenvalue weighted by molar-refractivity contribution is 5.49. The average Bonchev–Trinajstić information content (AvgIpc) is 3.23. The quantitative estimate of drug-likeness (QED) is 0.747. The second-order valence-corrected chi connectivity index (χ2v) is 5.48. The minimum absolute atomic E-state index is 0.177. The van der Waals surface area contributed by atoms with Gasteiger partial charge in [0, 0.05) is 38.1 Å². The third kappa shape index (κ3) is 3.54. The standard InChI is InChI=1S/C15H22N6O/c22-11-13-4-1-9-21(13)15-10-14(17-12-18-15)16-5-2-7-20-8-3-6-19-20/h3,6,8,10,12-13,22H,1-2,4-5,7,9,11H2,(H,16,17,18). The zero-order chi connectivity index (χ0) is 15.2. The van der Waals surface area contributed by atoms with Crippen molar-refractivity contribution >= 4 is 11.6 Å². The van der Waals surface area contributed by atoms with Crippen LogP contribution < -0.4 is 10.2 Å². The van der Waals surface area contributed by atoms with Crippen LogP contribution in [0.25, 0.3) is 0 Å². The Kier molecular flexibility index (Phi) is 4.85. The molecule has 1 fully saturated rings. The van der Waals surface area contributed by atoms with Gasteiger partial charge in [-0.15, -0.1) is 0 Å². The molecule has 3 heterocycles. The van der Waals surface area contributed by atoms with Crippen LogP contribution in [0.4, 0.5) is 11.6 Å². The molecule has 1 saturated heterocycles. The van der Waals surface area contributed by atoms with Crippen LogP contribution in [0.15, 0.2) is 30.9 Å². The van der Waals surface area contributed by atoms with Crippen LogP contribution in [-0.4, -0.2) is 50.6 Å². The second kappa shape index (κ2) is 7.22. The molecule has 1 aliphatic rings. The Morgan fingerprint density at radius 1 is 1.36 bits per heavy atom. The van der Waals surface area contributed by atoms with Crippen molar-refractivity contribution in [2.24, 2.45) is 0 Å². The van der Waals surface area contributed by atoms with Gasteiger partial charge >= 0.3 is 0 Å². The fourth-order valence-electron chi connectivity index (χ4n) is 2.82. The number of anilines is 2. The summed E-state index contributed by atoms with van der Waals surface area (Å²) in [6, 6.07) is 4.07. The maximum absolute atomic E-state index is 9.42. The van der Waals surface area contributed by atoms with E-state index in [1.54, 1.807) is 12.5 Å². The summed E-state index contributed by atoms with van der Waals surface area (Å²) in [5, 5.41) is 16.9. The summed E-state index contributed by atoms with van der Waals surface area (Å²) in [4.78, 5) is 10.8. The Morgan fingerprint density at radius 3 is 3.14 bits per heavy atom. The molecule has 0 aliphatic carbocycles. The number of hydrogen-bond donors (Lipinski definition) is 2. The van der Waals surface area contributed by atoms with Gasteiger partial charge < -0.3 is 15.3 Å². The van der Waals surface area contributed by atoms with Crippen LogP contribution in [0, 0.1) is 0 Å². The highest BCUT2D eigenvalue weighted by Crippen LogP contribution is 2.24. The number of aryl methyl sites for hydroxylation is 1. The summed E-state index contributed by atoms with van der Waals surface area (Å²) in [6.45, 7) is 2.84. The van der Waals surface area contributed by atoms with Gasteiger partial charge in [0.1, 0.15) is 18.0 Å². The van der Waals surface area contributed by atoms with Crippen molar-refractivity contribution in [3.05, 3.63) is 30.9 Å². The molecule has 0 amide bonds. The lowest BCUT2D eigenvalue weighted by Gasteiger charge is -2.24. The van der Waals surface area contributed by atoms with E-state index in [9.17, 15) is 5.11 Å². The molecule has 0 spiro atoms. The van der Waals surface area contributed by atoms with Crippen LogP contribution in [0.3, 0.4) is 0 Å². The first kappa shape index (κ1) is 14.8. The lowest BCUT2D eigenvalue weighted by Crippen LogP contribution is -2.32. The largest absolute Gasteiger partial charge is 0.394 e. The molecule has 7 nitrogen and oxygen atoms in total. The predicted molar refractivity (Wildman–Crippen MR) is 84.8 cm³/mol. The van der Waals surface area contributed by atoms with Crippen LogP contribution in [0.1, 0.15) is 19.3 Å². The molecule has 2 aromatic heterocycles. The topological polar surface area (TPSA) is 79.1 Å². The highest BCUT2D eigenvalue weighted by atomic mass is 16.3.